The Kier molecular flexibility index (Phi) is 6.78. The fourth-order valence-electron chi connectivity index (χ4n) is 0.963. The minimum atomic E-state index is -0.544. The standard InChI is InChI=1S/C13H23N3O2/c1-10(2)8-7-9-11(14-6)15-16-12(17)18-13(3,4)5/h7,9H,1,8H2,2-6H3,(H,14,15)(H,16,17). The number of hydrogen-bond acceptors (Lipinski definition) is 3. The molecule has 102 valence electrons. The minimum Gasteiger partial charge on any atom is -0.443 e. The van der Waals surface area contributed by atoms with Crippen LogP contribution in [-0.2, 0) is 4.74 Å². The van der Waals surface area contributed by atoms with Gasteiger partial charge in [-0.3, -0.25) is 10.4 Å². The molecule has 5 nitrogen and oxygen atoms in total. The van der Waals surface area contributed by atoms with Crippen molar-refractivity contribution in [2.24, 2.45) is 4.99 Å². The zero-order chi connectivity index (χ0) is 14.2. The Morgan fingerprint density at radius 2 is 2.00 bits per heavy atom. The molecule has 0 aromatic rings. The number of rotatable bonds is 3. The molecule has 18 heavy (non-hydrogen) atoms. The maximum Gasteiger partial charge on any atom is 0.426 e. The molecule has 0 saturated heterocycles. The van der Waals surface area contributed by atoms with Crippen molar-refractivity contribution in [3.63, 3.8) is 0 Å². The number of amidine groups is 1. The lowest BCUT2D eigenvalue weighted by atomic mass is 10.2. The molecular formula is C13H23N3O2. The number of hydrazine groups is 1. The second-order valence-electron chi connectivity index (χ2n) is 4.92. The van der Waals surface area contributed by atoms with E-state index < -0.39 is 11.7 Å². The summed E-state index contributed by atoms with van der Waals surface area (Å²) in [5, 5.41) is 0. The number of carbonyl (C=O) groups excluding carboxylic acids is 1. The lowest BCUT2D eigenvalue weighted by molar-refractivity contribution is 0.0513. The second kappa shape index (κ2) is 7.53. The number of nitrogens with zero attached hydrogens (tertiary/aromatic N) is 1. The van der Waals surface area contributed by atoms with Crippen molar-refractivity contribution >= 4 is 11.9 Å². The first-order valence-corrected chi connectivity index (χ1v) is 5.77. The predicted molar refractivity (Wildman–Crippen MR) is 74.4 cm³/mol. The molecule has 0 unspecified atom stereocenters. The highest BCUT2D eigenvalue weighted by Crippen LogP contribution is 2.05. The summed E-state index contributed by atoms with van der Waals surface area (Å²) in [7, 11) is 1.63. The van der Waals surface area contributed by atoms with Gasteiger partial charge in [-0.05, 0) is 40.2 Å². The maximum absolute atomic E-state index is 11.4. The van der Waals surface area contributed by atoms with Gasteiger partial charge in [0.15, 0.2) is 0 Å². The van der Waals surface area contributed by atoms with Crippen LogP contribution in [0.4, 0.5) is 4.79 Å². The van der Waals surface area contributed by atoms with E-state index in [0.717, 1.165) is 12.0 Å². The monoisotopic (exact) mass is 253 g/mol. The molecule has 1 amide bonds. The van der Waals surface area contributed by atoms with E-state index >= 15 is 0 Å². The van der Waals surface area contributed by atoms with Crippen LogP contribution in [0.1, 0.15) is 34.1 Å². The molecule has 0 bridgehead atoms. The second-order valence-corrected chi connectivity index (χ2v) is 4.92. The van der Waals surface area contributed by atoms with Gasteiger partial charge in [0, 0.05) is 7.05 Å². The molecule has 5 heteroatoms. The van der Waals surface area contributed by atoms with E-state index in [1.807, 2.05) is 13.0 Å². The van der Waals surface area contributed by atoms with Crippen LogP contribution in [0.25, 0.3) is 0 Å². The number of ether oxygens (including phenoxy) is 1. The van der Waals surface area contributed by atoms with Gasteiger partial charge in [0.2, 0.25) is 0 Å². The van der Waals surface area contributed by atoms with Gasteiger partial charge in [0.25, 0.3) is 0 Å². The van der Waals surface area contributed by atoms with Gasteiger partial charge in [-0.2, -0.15) is 0 Å². The number of nitrogens with one attached hydrogen (secondary N) is 2. The molecule has 0 heterocycles. The molecule has 0 spiro atoms. The topological polar surface area (TPSA) is 62.7 Å². The van der Waals surface area contributed by atoms with Crippen LogP contribution in [0, 0.1) is 0 Å². The van der Waals surface area contributed by atoms with E-state index in [1.165, 1.54) is 0 Å². The highest BCUT2D eigenvalue weighted by molar-refractivity contribution is 5.93. The minimum absolute atomic E-state index is 0.523. The van der Waals surface area contributed by atoms with E-state index in [-0.39, 0.29) is 0 Å². The quantitative estimate of drug-likeness (QED) is 0.352. The number of aliphatic imine (C=N–C) groups is 1. The third-order valence-electron chi connectivity index (χ3n) is 1.67. The van der Waals surface area contributed by atoms with Crippen LogP contribution >= 0.6 is 0 Å². The van der Waals surface area contributed by atoms with Crippen molar-refractivity contribution in [2.45, 2.75) is 39.7 Å². The van der Waals surface area contributed by atoms with E-state index in [1.54, 1.807) is 33.9 Å². The molecule has 0 saturated carbocycles. The van der Waals surface area contributed by atoms with Crippen LogP contribution < -0.4 is 10.9 Å². The summed E-state index contributed by atoms with van der Waals surface area (Å²) >= 11 is 0. The third kappa shape index (κ3) is 9.45. The normalized spacial score (nSPS) is 12.4. The molecule has 0 aromatic carbocycles. The summed E-state index contributed by atoms with van der Waals surface area (Å²) in [6.07, 6.45) is 3.91. The molecule has 0 aliphatic heterocycles. The van der Waals surface area contributed by atoms with Crippen LogP contribution in [0.3, 0.4) is 0 Å². The fourth-order valence-corrected chi connectivity index (χ4v) is 0.963. The molecule has 0 aliphatic carbocycles. The molecule has 0 fully saturated rings. The van der Waals surface area contributed by atoms with E-state index in [2.05, 4.69) is 22.4 Å². The van der Waals surface area contributed by atoms with Gasteiger partial charge in [0.1, 0.15) is 11.4 Å². The Balaban J connectivity index is 4.13. The van der Waals surface area contributed by atoms with E-state index in [9.17, 15) is 4.79 Å². The van der Waals surface area contributed by atoms with Gasteiger partial charge in [-0.1, -0.05) is 18.2 Å². The third-order valence-corrected chi connectivity index (χ3v) is 1.67. The fraction of sp³-hybridized carbons (Fsp3) is 0.538. The van der Waals surface area contributed by atoms with Crippen molar-refractivity contribution in [1.29, 1.82) is 0 Å². The highest BCUT2D eigenvalue weighted by atomic mass is 16.6. The SMILES string of the molecule is C=C(C)CC=CC(=NC)NNC(=O)OC(C)(C)C. The summed E-state index contributed by atoms with van der Waals surface area (Å²) in [6.45, 7) is 11.1. The molecule has 0 atom stereocenters. The van der Waals surface area contributed by atoms with Gasteiger partial charge in [-0.15, -0.1) is 0 Å². The van der Waals surface area contributed by atoms with Gasteiger partial charge >= 0.3 is 6.09 Å². The van der Waals surface area contributed by atoms with Crippen LogP contribution in [0.2, 0.25) is 0 Å². The Morgan fingerprint density at radius 1 is 1.39 bits per heavy atom. The van der Waals surface area contributed by atoms with Crippen molar-refractivity contribution in [3.05, 3.63) is 24.3 Å². The predicted octanol–water partition coefficient (Wildman–Crippen LogP) is 2.57. The van der Waals surface area contributed by atoms with Crippen molar-refractivity contribution in [3.8, 4) is 0 Å². The number of allylic oxidation sites excluding steroid dienone is 2. The first kappa shape index (κ1) is 16.2. The van der Waals surface area contributed by atoms with E-state index in [4.69, 9.17) is 4.74 Å². The summed E-state index contributed by atoms with van der Waals surface area (Å²) in [4.78, 5) is 15.3. The lowest BCUT2D eigenvalue weighted by Gasteiger charge is -2.19. The first-order valence-electron chi connectivity index (χ1n) is 5.77. The zero-order valence-electron chi connectivity index (χ0n) is 11.8. The maximum atomic E-state index is 11.4. The molecule has 0 radical (unpaired) electrons. The molecule has 0 rings (SSSR count). The summed E-state index contributed by atoms with van der Waals surface area (Å²) in [5.74, 6) is 0.544. The Hall–Kier alpha value is -1.78. The molecule has 0 aromatic heterocycles. The molecule has 2 N–H and O–H groups in total. The highest BCUT2D eigenvalue weighted by Gasteiger charge is 2.15. The average Bonchev–Trinajstić information content (AvgIpc) is 2.20. The largest absolute Gasteiger partial charge is 0.443 e. The Bertz CT molecular complexity index is 352. The van der Waals surface area contributed by atoms with Gasteiger partial charge in [-0.25, -0.2) is 10.2 Å². The zero-order valence-corrected chi connectivity index (χ0v) is 11.8. The van der Waals surface area contributed by atoms with Crippen molar-refractivity contribution in [2.75, 3.05) is 7.05 Å². The average molecular weight is 253 g/mol. The van der Waals surface area contributed by atoms with Crippen LogP contribution in [0.15, 0.2) is 29.3 Å². The first-order chi connectivity index (χ1) is 8.24. The van der Waals surface area contributed by atoms with Crippen molar-refractivity contribution < 1.29 is 9.53 Å². The smallest absolute Gasteiger partial charge is 0.426 e. The Labute approximate surface area is 109 Å². The van der Waals surface area contributed by atoms with Gasteiger partial charge < -0.3 is 4.74 Å². The molecule has 0 aliphatic rings. The number of carbonyl (C=O) groups is 1. The number of amides is 1. The van der Waals surface area contributed by atoms with Crippen molar-refractivity contribution in [1.82, 2.24) is 10.9 Å². The van der Waals surface area contributed by atoms with Crippen LogP contribution in [-0.4, -0.2) is 24.6 Å². The summed E-state index contributed by atoms with van der Waals surface area (Å²) in [6, 6.07) is 0. The Morgan fingerprint density at radius 3 is 2.44 bits per heavy atom. The lowest BCUT2D eigenvalue weighted by Crippen LogP contribution is -2.43. The van der Waals surface area contributed by atoms with E-state index in [0.29, 0.717) is 5.84 Å². The van der Waals surface area contributed by atoms with Crippen LogP contribution in [0.5, 0.6) is 0 Å². The van der Waals surface area contributed by atoms with Gasteiger partial charge in [0.05, 0.1) is 0 Å². The summed E-state index contributed by atoms with van der Waals surface area (Å²) < 4.78 is 5.07. The summed E-state index contributed by atoms with van der Waals surface area (Å²) in [5.41, 5.74) is 5.62. The molecular weight excluding hydrogens is 230 g/mol. The number of hydrogen-bond donors (Lipinski definition) is 2.